The summed E-state index contributed by atoms with van der Waals surface area (Å²) in [5.74, 6) is 0. The lowest BCUT2D eigenvalue weighted by molar-refractivity contribution is 0.570. The Labute approximate surface area is 101 Å². The second kappa shape index (κ2) is 4.43. The van der Waals surface area contributed by atoms with Crippen molar-refractivity contribution < 1.29 is 8.42 Å². The van der Waals surface area contributed by atoms with E-state index in [9.17, 15) is 8.42 Å². The van der Waals surface area contributed by atoms with Crippen molar-refractivity contribution >= 4 is 20.8 Å². The van der Waals surface area contributed by atoms with Gasteiger partial charge in [0.25, 0.3) is 0 Å². The number of benzene rings is 1. The predicted molar refractivity (Wildman–Crippen MR) is 67.2 cm³/mol. The summed E-state index contributed by atoms with van der Waals surface area (Å²) in [4.78, 5) is 4.25. The largest absolute Gasteiger partial charge is 0.264 e. The van der Waals surface area contributed by atoms with Crippen molar-refractivity contribution in [3.05, 3.63) is 36.7 Å². The van der Waals surface area contributed by atoms with E-state index < -0.39 is 10.0 Å². The van der Waals surface area contributed by atoms with Gasteiger partial charge >= 0.3 is 0 Å². The fourth-order valence-electron chi connectivity index (χ4n) is 1.61. The smallest absolute Gasteiger partial charge is 0.240 e. The first kappa shape index (κ1) is 12.0. The van der Waals surface area contributed by atoms with Crippen molar-refractivity contribution in [2.75, 3.05) is 0 Å². The minimum Gasteiger partial charge on any atom is -0.264 e. The Morgan fingerprint density at radius 2 is 1.94 bits per heavy atom. The molecule has 5 heteroatoms. The van der Waals surface area contributed by atoms with Crippen molar-refractivity contribution in [1.82, 2.24) is 9.71 Å². The molecule has 17 heavy (non-hydrogen) atoms. The molecule has 0 bridgehead atoms. The highest BCUT2D eigenvalue weighted by atomic mass is 32.2. The van der Waals surface area contributed by atoms with Crippen LogP contribution < -0.4 is 4.72 Å². The molecule has 1 aromatic carbocycles. The molecule has 0 aliphatic heterocycles. The van der Waals surface area contributed by atoms with Gasteiger partial charge in [-0.3, -0.25) is 4.98 Å². The lowest BCUT2D eigenvalue weighted by Gasteiger charge is -2.09. The van der Waals surface area contributed by atoms with Gasteiger partial charge in [-0.25, -0.2) is 13.1 Å². The minimum absolute atomic E-state index is 0.121. The molecule has 2 rings (SSSR count). The van der Waals surface area contributed by atoms with Crippen LogP contribution in [0.1, 0.15) is 13.8 Å². The van der Waals surface area contributed by atoms with Crippen LogP contribution in [-0.2, 0) is 10.0 Å². The molecule has 0 saturated heterocycles. The third-order valence-electron chi connectivity index (χ3n) is 2.31. The van der Waals surface area contributed by atoms with Gasteiger partial charge in [0, 0.05) is 23.8 Å². The lowest BCUT2D eigenvalue weighted by atomic mass is 10.2. The molecule has 1 heterocycles. The molecule has 0 aliphatic rings. The molecule has 0 amide bonds. The summed E-state index contributed by atoms with van der Waals surface area (Å²) in [5, 5.41) is 1.79. The Kier molecular flexibility index (Phi) is 3.13. The number of aromatic nitrogens is 1. The van der Waals surface area contributed by atoms with Gasteiger partial charge in [-0.2, -0.15) is 0 Å². The van der Waals surface area contributed by atoms with Crippen LogP contribution in [0.15, 0.2) is 41.6 Å². The summed E-state index contributed by atoms with van der Waals surface area (Å²) in [7, 11) is -3.43. The average molecular weight is 250 g/mol. The molecule has 0 fully saturated rings. The first-order valence-corrected chi connectivity index (χ1v) is 6.83. The molecule has 0 atom stereocenters. The summed E-state index contributed by atoms with van der Waals surface area (Å²) < 4.78 is 26.5. The van der Waals surface area contributed by atoms with E-state index >= 15 is 0 Å². The Morgan fingerprint density at radius 1 is 1.18 bits per heavy atom. The van der Waals surface area contributed by atoms with Gasteiger partial charge < -0.3 is 0 Å². The number of nitrogens with zero attached hydrogens (tertiary/aromatic N) is 1. The highest BCUT2D eigenvalue weighted by molar-refractivity contribution is 7.89. The third kappa shape index (κ3) is 2.62. The normalized spacial score (nSPS) is 12.2. The van der Waals surface area contributed by atoms with Gasteiger partial charge in [-0.15, -0.1) is 0 Å². The summed E-state index contributed by atoms with van der Waals surface area (Å²) in [6.07, 6.45) is 3.34. The van der Waals surface area contributed by atoms with Crippen LogP contribution in [0.25, 0.3) is 10.8 Å². The highest BCUT2D eigenvalue weighted by Gasteiger charge is 2.15. The van der Waals surface area contributed by atoms with Crippen LogP contribution in [0.5, 0.6) is 0 Å². The molecule has 1 aromatic heterocycles. The summed E-state index contributed by atoms with van der Waals surface area (Å²) in [6.45, 7) is 3.58. The Balaban J connectivity index is 2.50. The molecule has 0 aliphatic carbocycles. The van der Waals surface area contributed by atoms with Gasteiger partial charge in [0.1, 0.15) is 0 Å². The molecule has 0 saturated carbocycles. The van der Waals surface area contributed by atoms with Crippen molar-refractivity contribution in [2.24, 2.45) is 0 Å². The predicted octanol–water partition coefficient (Wildman–Crippen LogP) is 1.92. The second-order valence-electron chi connectivity index (χ2n) is 4.16. The standard InChI is InChI=1S/C12H14N2O2S/c1-9(2)14-17(15,16)12-4-3-10-5-6-13-8-11(10)7-12/h3-9,14H,1-2H3. The SMILES string of the molecule is CC(C)NS(=O)(=O)c1ccc2ccncc2c1. The van der Waals surface area contributed by atoms with Gasteiger partial charge in [-0.05, 0) is 37.4 Å². The molecule has 0 unspecified atom stereocenters. The zero-order valence-electron chi connectivity index (χ0n) is 9.71. The van der Waals surface area contributed by atoms with Crippen LogP contribution in [-0.4, -0.2) is 19.4 Å². The topological polar surface area (TPSA) is 59.1 Å². The number of hydrogen-bond donors (Lipinski definition) is 1. The number of sulfonamides is 1. The maximum absolute atomic E-state index is 12.0. The highest BCUT2D eigenvalue weighted by Crippen LogP contribution is 2.18. The van der Waals surface area contributed by atoms with E-state index in [0.717, 1.165) is 10.8 Å². The van der Waals surface area contributed by atoms with E-state index in [-0.39, 0.29) is 10.9 Å². The van der Waals surface area contributed by atoms with Crippen LogP contribution in [0.3, 0.4) is 0 Å². The number of pyridine rings is 1. The van der Waals surface area contributed by atoms with Crippen molar-refractivity contribution in [3.63, 3.8) is 0 Å². The Hall–Kier alpha value is -1.46. The molecular weight excluding hydrogens is 236 g/mol. The summed E-state index contributed by atoms with van der Waals surface area (Å²) in [5.41, 5.74) is 0. The third-order valence-corrected chi connectivity index (χ3v) is 3.97. The summed E-state index contributed by atoms with van der Waals surface area (Å²) in [6, 6.07) is 6.75. The minimum atomic E-state index is -3.43. The van der Waals surface area contributed by atoms with Crippen LogP contribution in [0, 0.1) is 0 Å². The first-order chi connectivity index (χ1) is 7.99. The van der Waals surface area contributed by atoms with E-state index in [1.165, 1.54) is 0 Å². The van der Waals surface area contributed by atoms with Gasteiger partial charge in [0.15, 0.2) is 0 Å². The van der Waals surface area contributed by atoms with Crippen molar-refractivity contribution in [2.45, 2.75) is 24.8 Å². The molecule has 4 nitrogen and oxygen atoms in total. The van der Waals surface area contributed by atoms with Gasteiger partial charge in [0.2, 0.25) is 10.0 Å². The fraction of sp³-hybridized carbons (Fsp3) is 0.250. The molecule has 0 radical (unpaired) electrons. The van der Waals surface area contributed by atoms with Gasteiger partial charge in [0.05, 0.1) is 4.90 Å². The summed E-state index contributed by atoms with van der Waals surface area (Å²) >= 11 is 0. The van der Waals surface area contributed by atoms with E-state index in [2.05, 4.69) is 9.71 Å². The van der Waals surface area contributed by atoms with E-state index in [0.29, 0.717) is 0 Å². The number of hydrogen-bond acceptors (Lipinski definition) is 3. The number of rotatable bonds is 3. The number of nitrogens with one attached hydrogen (secondary N) is 1. The Bertz CT molecular complexity index is 636. The van der Waals surface area contributed by atoms with E-state index in [4.69, 9.17) is 0 Å². The second-order valence-corrected chi connectivity index (χ2v) is 5.87. The first-order valence-electron chi connectivity index (χ1n) is 5.35. The molecule has 0 spiro atoms. The lowest BCUT2D eigenvalue weighted by Crippen LogP contribution is -2.30. The maximum Gasteiger partial charge on any atom is 0.240 e. The van der Waals surface area contributed by atoms with Crippen molar-refractivity contribution in [1.29, 1.82) is 0 Å². The molecule has 1 N–H and O–H groups in total. The maximum atomic E-state index is 12.0. The molecule has 2 aromatic rings. The van der Waals surface area contributed by atoms with Crippen LogP contribution in [0.2, 0.25) is 0 Å². The van der Waals surface area contributed by atoms with Crippen molar-refractivity contribution in [3.8, 4) is 0 Å². The van der Waals surface area contributed by atoms with E-state index in [1.54, 1.807) is 44.4 Å². The van der Waals surface area contributed by atoms with E-state index in [1.807, 2.05) is 6.07 Å². The fourth-order valence-corrected chi connectivity index (χ4v) is 2.89. The molecular formula is C12H14N2O2S. The zero-order valence-corrected chi connectivity index (χ0v) is 10.5. The number of fused-ring (bicyclic) bond motifs is 1. The average Bonchev–Trinajstić information content (AvgIpc) is 2.26. The quantitative estimate of drug-likeness (QED) is 0.905. The van der Waals surface area contributed by atoms with Gasteiger partial charge in [-0.1, -0.05) is 6.07 Å². The van der Waals surface area contributed by atoms with Crippen LogP contribution in [0.4, 0.5) is 0 Å². The Morgan fingerprint density at radius 3 is 2.65 bits per heavy atom. The van der Waals surface area contributed by atoms with Crippen LogP contribution >= 0.6 is 0 Å². The zero-order chi connectivity index (χ0) is 12.5. The molecule has 90 valence electrons. The monoisotopic (exact) mass is 250 g/mol.